The van der Waals surface area contributed by atoms with Gasteiger partial charge in [-0.3, -0.25) is 14.5 Å². The first-order valence-corrected chi connectivity index (χ1v) is 13.9. The van der Waals surface area contributed by atoms with Crippen molar-refractivity contribution in [1.29, 1.82) is 0 Å². The molecule has 3 aromatic rings. The van der Waals surface area contributed by atoms with Gasteiger partial charge >= 0.3 is 5.97 Å². The van der Waals surface area contributed by atoms with Gasteiger partial charge in [-0.05, 0) is 77.2 Å². The van der Waals surface area contributed by atoms with Gasteiger partial charge < -0.3 is 23.7 Å². The van der Waals surface area contributed by atoms with Crippen LogP contribution in [0.3, 0.4) is 0 Å². The van der Waals surface area contributed by atoms with Crippen LogP contribution in [0.15, 0.2) is 72.8 Å². The Morgan fingerprint density at radius 2 is 1.47 bits per heavy atom. The van der Waals surface area contributed by atoms with E-state index in [-0.39, 0.29) is 31.7 Å². The van der Waals surface area contributed by atoms with Gasteiger partial charge in [0.2, 0.25) is 5.78 Å². The second-order valence-electron chi connectivity index (χ2n) is 10.6. The molecule has 0 saturated heterocycles. The minimum atomic E-state index is -1.60. The van der Waals surface area contributed by atoms with E-state index in [2.05, 4.69) is 0 Å². The molecule has 2 aliphatic heterocycles. The van der Waals surface area contributed by atoms with Crippen LogP contribution in [-0.4, -0.2) is 51.6 Å². The number of fused-ring (bicyclic) bond motifs is 3. The molecule has 1 atom stereocenters. The number of carbonyl (C=O) groups excluding carboxylic acids is 3. The lowest BCUT2D eigenvalue weighted by atomic mass is 9.90. The van der Waals surface area contributed by atoms with Gasteiger partial charge in [0, 0.05) is 20.6 Å². The number of rotatable bonds is 12. The first-order chi connectivity index (χ1) is 20.8. The van der Waals surface area contributed by atoms with E-state index in [1.807, 2.05) is 43.0 Å². The van der Waals surface area contributed by atoms with E-state index in [0.29, 0.717) is 51.4 Å². The van der Waals surface area contributed by atoms with Gasteiger partial charge in [-0.15, -0.1) is 0 Å². The van der Waals surface area contributed by atoms with Crippen molar-refractivity contribution >= 4 is 41.1 Å². The van der Waals surface area contributed by atoms with Crippen molar-refractivity contribution in [3.63, 3.8) is 0 Å². The SMILES string of the molecule is COCOc1ccc(C2=C(c3ccc(OCOC)cc3)N3c4ccc(/C=C/C=O)cc4C(=O)OC3(CC(C)C)C2=O)cc1. The molecule has 9 heteroatoms. The standard InChI is InChI=1S/C34H33NO8/c1-22(2)19-34-32(37)30(24-8-12-26(13-9-24)41-20-39-3)31(25-10-14-27(15-11-25)42-21-40-4)35(34)29-16-7-23(6-5-17-36)18-28(29)33(38)43-34/h5-18,22H,19-21H2,1-4H3/b6-5+. The molecule has 0 spiro atoms. The number of anilines is 1. The molecular weight excluding hydrogens is 550 g/mol. The van der Waals surface area contributed by atoms with Gasteiger partial charge in [-0.2, -0.15) is 0 Å². The second-order valence-corrected chi connectivity index (χ2v) is 10.6. The number of benzene rings is 3. The smallest absolute Gasteiger partial charge is 0.342 e. The number of hydrogen-bond acceptors (Lipinski definition) is 9. The van der Waals surface area contributed by atoms with Crippen LogP contribution in [-0.2, 0) is 23.8 Å². The van der Waals surface area contributed by atoms with Crippen LogP contribution in [0.2, 0.25) is 0 Å². The fourth-order valence-corrected chi connectivity index (χ4v) is 5.48. The van der Waals surface area contributed by atoms with Crippen LogP contribution in [0.1, 0.15) is 47.3 Å². The molecule has 43 heavy (non-hydrogen) atoms. The van der Waals surface area contributed by atoms with Crippen molar-refractivity contribution in [1.82, 2.24) is 0 Å². The number of methoxy groups -OCH3 is 2. The molecule has 0 saturated carbocycles. The predicted octanol–water partition coefficient (Wildman–Crippen LogP) is 5.73. The molecule has 0 fully saturated rings. The fourth-order valence-electron chi connectivity index (χ4n) is 5.48. The Morgan fingerprint density at radius 1 is 0.860 bits per heavy atom. The minimum absolute atomic E-state index is 0.00541. The average Bonchev–Trinajstić information content (AvgIpc) is 3.25. The number of Topliss-reactive ketones (excluding diaryl/α,β-unsaturated/α-hetero) is 1. The normalized spacial score (nSPS) is 17.7. The Labute approximate surface area is 250 Å². The van der Waals surface area contributed by atoms with E-state index in [4.69, 9.17) is 23.7 Å². The van der Waals surface area contributed by atoms with E-state index in [0.717, 1.165) is 5.56 Å². The summed E-state index contributed by atoms with van der Waals surface area (Å²) >= 11 is 0. The van der Waals surface area contributed by atoms with Gasteiger partial charge in [-0.25, -0.2) is 4.79 Å². The highest BCUT2D eigenvalue weighted by Crippen LogP contribution is 2.53. The third-order valence-electron chi connectivity index (χ3n) is 7.16. The van der Waals surface area contributed by atoms with Crippen LogP contribution in [0.5, 0.6) is 11.5 Å². The number of esters is 1. The summed E-state index contributed by atoms with van der Waals surface area (Å²) in [6.45, 7) is 4.15. The van der Waals surface area contributed by atoms with Crippen molar-refractivity contribution in [2.24, 2.45) is 5.92 Å². The van der Waals surface area contributed by atoms with E-state index in [9.17, 15) is 14.4 Å². The van der Waals surface area contributed by atoms with Gasteiger partial charge in [0.25, 0.3) is 5.72 Å². The van der Waals surface area contributed by atoms with E-state index in [1.165, 1.54) is 6.08 Å². The first-order valence-electron chi connectivity index (χ1n) is 13.9. The number of nitrogens with zero attached hydrogens (tertiary/aromatic N) is 1. The highest BCUT2D eigenvalue weighted by Gasteiger charge is 2.60. The molecule has 2 heterocycles. The molecule has 1 unspecified atom stereocenters. The van der Waals surface area contributed by atoms with Gasteiger partial charge in [0.15, 0.2) is 13.6 Å². The Balaban J connectivity index is 1.74. The monoisotopic (exact) mass is 583 g/mol. The van der Waals surface area contributed by atoms with Crippen LogP contribution >= 0.6 is 0 Å². The maximum atomic E-state index is 14.7. The molecular formula is C34H33NO8. The summed E-state index contributed by atoms with van der Waals surface area (Å²) in [6, 6.07) is 19.8. The highest BCUT2D eigenvalue weighted by atomic mass is 16.7. The predicted molar refractivity (Wildman–Crippen MR) is 161 cm³/mol. The Morgan fingerprint density at radius 3 is 2.02 bits per heavy atom. The lowest BCUT2D eigenvalue weighted by Crippen LogP contribution is -2.56. The lowest BCUT2D eigenvalue weighted by Gasteiger charge is -2.44. The summed E-state index contributed by atoms with van der Waals surface area (Å²) in [7, 11) is 3.09. The van der Waals surface area contributed by atoms with Gasteiger partial charge in [0.05, 0.1) is 22.5 Å². The largest absolute Gasteiger partial charge is 0.468 e. The van der Waals surface area contributed by atoms with Crippen LogP contribution in [0.4, 0.5) is 5.69 Å². The zero-order valence-corrected chi connectivity index (χ0v) is 24.5. The zero-order valence-electron chi connectivity index (χ0n) is 24.5. The Hall–Kier alpha value is -4.73. The van der Waals surface area contributed by atoms with Crippen LogP contribution < -0.4 is 14.4 Å². The van der Waals surface area contributed by atoms with Crippen molar-refractivity contribution in [3.05, 3.63) is 95.1 Å². The molecule has 5 rings (SSSR count). The third kappa shape index (κ3) is 5.69. The molecule has 0 bridgehead atoms. The number of ketones is 1. The highest BCUT2D eigenvalue weighted by molar-refractivity contribution is 6.38. The summed E-state index contributed by atoms with van der Waals surface area (Å²) in [5.41, 5.74) is 2.27. The topological polar surface area (TPSA) is 101 Å². The van der Waals surface area contributed by atoms with Crippen molar-refractivity contribution in [3.8, 4) is 11.5 Å². The van der Waals surface area contributed by atoms with Gasteiger partial charge in [0.1, 0.15) is 17.8 Å². The van der Waals surface area contributed by atoms with E-state index < -0.39 is 11.7 Å². The molecule has 0 aliphatic carbocycles. The molecule has 222 valence electrons. The van der Waals surface area contributed by atoms with Crippen LogP contribution in [0.25, 0.3) is 17.3 Å². The van der Waals surface area contributed by atoms with Crippen molar-refractivity contribution in [2.75, 3.05) is 32.7 Å². The summed E-state index contributed by atoms with van der Waals surface area (Å²) in [5.74, 6) is 0.271. The fraction of sp³-hybridized carbons (Fsp3) is 0.265. The molecule has 0 radical (unpaired) electrons. The summed E-state index contributed by atoms with van der Waals surface area (Å²) in [6.07, 6.45) is 3.90. The number of allylic oxidation sites excluding steroid dienone is 1. The van der Waals surface area contributed by atoms with Crippen molar-refractivity contribution in [2.45, 2.75) is 26.0 Å². The Kier molecular flexibility index (Phi) is 8.75. The van der Waals surface area contributed by atoms with Crippen LogP contribution in [0, 0.1) is 5.92 Å². The zero-order chi connectivity index (χ0) is 30.6. The second kappa shape index (κ2) is 12.6. The maximum Gasteiger partial charge on any atom is 0.342 e. The van der Waals surface area contributed by atoms with Crippen molar-refractivity contribution < 1.29 is 38.1 Å². The molecule has 3 aromatic carbocycles. The number of hydrogen-bond donors (Lipinski definition) is 0. The molecule has 2 aliphatic rings. The maximum absolute atomic E-state index is 14.7. The minimum Gasteiger partial charge on any atom is -0.468 e. The summed E-state index contributed by atoms with van der Waals surface area (Å²) in [4.78, 5) is 41.1. The van der Waals surface area contributed by atoms with E-state index >= 15 is 0 Å². The summed E-state index contributed by atoms with van der Waals surface area (Å²) in [5, 5.41) is 0. The third-order valence-corrected chi connectivity index (χ3v) is 7.16. The summed E-state index contributed by atoms with van der Waals surface area (Å²) < 4.78 is 27.4. The average molecular weight is 584 g/mol. The quantitative estimate of drug-likeness (QED) is 0.114. The molecule has 9 nitrogen and oxygen atoms in total. The molecule has 0 aromatic heterocycles. The lowest BCUT2D eigenvalue weighted by molar-refractivity contribution is -0.132. The number of ether oxygens (including phenoxy) is 5. The first kappa shape index (κ1) is 29.8. The van der Waals surface area contributed by atoms with E-state index in [1.54, 1.807) is 62.8 Å². The van der Waals surface area contributed by atoms with Gasteiger partial charge in [-0.1, -0.05) is 38.1 Å². The molecule has 0 N–H and O–H groups in total. The number of aldehydes is 1. The number of carbonyl (C=O) groups is 3. The molecule has 0 amide bonds. The Bertz CT molecular complexity index is 1570.